The molecule has 0 aromatic carbocycles. The van der Waals surface area contributed by atoms with Crippen LogP contribution in [0.1, 0.15) is 32.4 Å². The van der Waals surface area contributed by atoms with Gasteiger partial charge >= 0.3 is 0 Å². The molecule has 2 heterocycles. The number of unbranched alkanes of at least 4 members (excludes halogenated alkanes) is 1. The number of aromatic nitrogens is 3. The van der Waals surface area contributed by atoms with Gasteiger partial charge < -0.3 is 9.88 Å². The standard InChI is InChI=1S/C15H24N4O/c1-12(2)11-16-6-4-5-7-18-8-9-19-14(15(18)20)10-13(3)17-19/h8-10,12,16H,4-7,11H2,1-3H3. The van der Waals surface area contributed by atoms with Crippen molar-refractivity contribution in [3.63, 3.8) is 0 Å². The molecule has 0 aliphatic carbocycles. The molecule has 0 atom stereocenters. The maximum atomic E-state index is 12.2. The first kappa shape index (κ1) is 14.8. The lowest BCUT2D eigenvalue weighted by Crippen LogP contribution is -2.23. The molecule has 0 radical (unpaired) electrons. The van der Waals surface area contributed by atoms with Crippen molar-refractivity contribution in [1.82, 2.24) is 19.5 Å². The van der Waals surface area contributed by atoms with Crippen LogP contribution >= 0.6 is 0 Å². The van der Waals surface area contributed by atoms with E-state index in [-0.39, 0.29) is 5.56 Å². The highest BCUT2D eigenvalue weighted by molar-refractivity contribution is 5.44. The van der Waals surface area contributed by atoms with Crippen LogP contribution in [0, 0.1) is 12.8 Å². The average molecular weight is 276 g/mol. The van der Waals surface area contributed by atoms with E-state index in [4.69, 9.17) is 0 Å². The van der Waals surface area contributed by atoms with E-state index in [1.165, 1.54) is 0 Å². The van der Waals surface area contributed by atoms with E-state index in [0.29, 0.717) is 11.4 Å². The van der Waals surface area contributed by atoms with Crippen molar-refractivity contribution < 1.29 is 0 Å². The first-order chi connectivity index (χ1) is 9.58. The van der Waals surface area contributed by atoms with Crippen LogP contribution in [0.3, 0.4) is 0 Å². The van der Waals surface area contributed by atoms with Gasteiger partial charge in [0.15, 0.2) is 0 Å². The van der Waals surface area contributed by atoms with E-state index in [0.717, 1.165) is 38.2 Å². The Balaban J connectivity index is 1.87. The van der Waals surface area contributed by atoms with Gasteiger partial charge in [-0.2, -0.15) is 5.10 Å². The number of fused-ring (bicyclic) bond motifs is 1. The Labute approximate surface area is 119 Å². The van der Waals surface area contributed by atoms with Gasteiger partial charge in [-0.3, -0.25) is 4.79 Å². The highest BCUT2D eigenvalue weighted by atomic mass is 16.1. The first-order valence-corrected chi connectivity index (χ1v) is 7.34. The van der Waals surface area contributed by atoms with Crippen molar-refractivity contribution in [2.24, 2.45) is 5.92 Å². The molecule has 5 nitrogen and oxygen atoms in total. The molecule has 0 saturated carbocycles. The Kier molecular flexibility index (Phi) is 4.95. The molecule has 0 unspecified atom stereocenters. The predicted molar refractivity (Wildman–Crippen MR) is 81.1 cm³/mol. The molecular formula is C15H24N4O. The Morgan fingerprint density at radius 3 is 2.85 bits per heavy atom. The van der Waals surface area contributed by atoms with E-state index in [9.17, 15) is 4.79 Å². The summed E-state index contributed by atoms with van der Waals surface area (Å²) in [5, 5.41) is 7.66. The zero-order chi connectivity index (χ0) is 14.5. The average Bonchev–Trinajstić information content (AvgIpc) is 2.77. The van der Waals surface area contributed by atoms with Gasteiger partial charge in [0, 0.05) is 18.9 Å². The lowest BCUT2D eigenvalue weighted by atomic mass is 10.2. The quantitative estimate of drug-likeness (QED) is 0.785. The second-order valence-corrected chi connectivity index (χ2v) is 5.72. The summed E-state index contributed by atoms with van der Waals surface area (Å²) in [6, 6.07) is 1.84. The number of hydrogen-bond acceptors (Lipinski definition) is 3. The molecule has 0 fully saturated rings. The van der Waals surface area contributed by atoms with E-state index >= 15 is 0 Å². The normalized spacial score (nSPS) is 11.6. The van der Waals surface area contributed by atoms with Crippen LogP contribution in [-0.4, -0.2) is 27.3 Å². The Hall–Kier alpha value is -1.62. The lowest BCUT2D eigenvalue weighted by Gasteiger charge is -2.08. The van der Waals surface area contributed by atoms with Crippen LogP contribution in [0.15, 0.2) is 23.3 Å². The van der Waals surface area contributed by atoms with Gasteiger partial charge in [-0.1, -0.05) is 13.8 Å². The number of rotatable bonds is 7. The third-order valence-corrected chi connectivity index (χ3v) is 3.28. The molecule has 0 spiro atoms. The van der Waals surface area contributed by atoms with Crippen molar-refractivity contribution in [3.05, 3.63) is 34.5 Å². The minimum absolute atomic E-state index is 0.0447. The summed E-state index contributed by atoms with van der Waals surface area (Å²) >= 11 is 0. The summed E-state index contributed by atoms with van der Waals surface area (Å²) in [5.41, 5.74) is 1.57. The van der Waals surface area contributed by atoms with Gasteiger partial charge in [-0.15, -0.1) is 0 Å². The minimum atomic E-state index is 0.0447. The zero-order valence-corrected chi connectivity index (χ0v) is 12.6. The molecule has 5 heteroatoms. The molecule has 0 bridgehead atoms. The molecule has 0 aliphatic rings. The largest absolute Gasteiger partial charge is 0.316 e. The highest BCUT2D eigenvalue weighted by Gasteiger charge is 2.04. The van der Waals surface area contributed by atoms with Crippen molar-refractivity contribution in [3.8, 4) is 0 Å². The van der Waals surface area contributed by atoms with Crippen LogP contribution in [0.5, 0.6) is 0 Å². The molecular weight excluding hydrogens is 252 g/mol. The fourth-order valence-corrected chi connectivity index (χ4v) is 2.25. The van der Waals surface area contributed by atoms with Crippen LogP contribution in [0.4, 0.5) is 0 Å². The molecule has 0 saturated heterocycles. The molecule has 2 aromatic rings. The van der Waals surface area contributed by atoms with Crippen molar-refractivity contribution >= 4 is 5.52 Å². The van der Waals surface area contributed by atoms with E-state index in [1.54, 1.807) is 9.08 Å². The van der Waals surface area contributed by atoms with Crippen LogP contribution in [0.25, 0.3) is 5.52 Å². The van der Waals surface area contributed by atoms with Crippen LogP contribution in [0.2, 0.25) is 0 Å². The fraction of sp³-hybridized carbons (Fsp3) is 0.600. The smallest absolute Gasteiger partial charge is 0.276 e. The minimum Gasteiger partial charge on any atom is -0.316 e. The second-order valence-electron chi connectivity index (χ2n) is 5.72. The van der Waals surface area contributed by atoms with Crippen LogP contribution in [-0.2, 0) is 6.54 Å². The van der Waals surface area contributed by atoms with Crippen LogP contribution < -0.4 is 10.9 Å². The number of nitrogens with one attached hydrogen (secondary N) is 1. The van der Waals surface area contributed by atoms with Gasteiger partial charge in [-0.25, -0.2) is 4.52 Å². The third kappa shape index (κ3) is 3.70. The van der Waals surface area contributed by atoms with E-state index in [1.807, 2.05) is 25.4 Å². The summed E-state index contributed by atoms with van der Waals surface area (Å²) in [6.07, 6.45) is 5.76. The van der Waals surface area contributed by atoms with E-state index in [2.05, 4.69) is 24.3 Å². The summed E-state index contributed by atoms with van der Waals surface area (Å²) in [4.78, 5) is 12.2. The molecule has 1 N–H and O–H groups in total. The Bertz CT molecular complexity index is 612. The summed E-state index contributed by atoms with van der Waals surface area (Å²) in [6.45, 7) is 9.15. The molecule has 0 amide bonds. The van der Waals surface area contributed by atoms with Gasteiger partial charge in [0.05, 0.1) is 5.69 Å². The molecule has 0 aliphatic heterocycles. The molecule has 2 rings (SSSR count). The first-order valence-electron chi connectivity index (χ1n) is 7.34. The highest BCUT2D eigenvalue weighted by Crippen LogP contribution is 2.01. The topological polar surface area (TPSA) is 51.3 Å². The Morgan fingerprint density at radius 2 is 2.10 bits per heavy atom. The maximum absolute atomic E-state index is 12.2. The monoisotopic (exact) mass is 276 g/mol. The van der Waals surface area contributed by atoms with Gasteiger partial charge in [-0.05, 0) is 44.8 Å². The zero-order valence-electron chi connectivity index (χ0n) is 12.6. The SMILES string of the molecule is Cc1cc2c(=O)n(CCCCNCC(C)C)ccn2n1. The van der Waals surface area contributed by atoms with Gasteiger partial charge in [0.25, 0.3) is 5.56 Å². The van der Waals surface area contributed by atoms with Crippen molar-refractivity contribution in [2.75, 3.05) is 13.1 Å². The second kappa shape index (κ2) is 6.70. The molecule has 2 aromatic heterocycles. The van der Waals surface area contributed by atoms with Gasteiger partial charge in [0.1, 0.15) is 5.52 Å². The lowest BCUT2D eigenvalue weighted by molar-refractivity contribution is 0.516. The molecule has 20 heavy (non-hydrogen) atoms. The Morgan fingerprint density at radius 1 is 1.30 bits per heavy atom. The third-order valence-electron chi connectivity index (χ3n) is 3.28. The molecule has 110 valence electrons. The van der Waals surface area contributed by atoms with Gasteiger partial charge in [0.2, 0.25) is 0 Å². The fourth-order valence-electron chi connectivity index (χ4n) is 2.25. The van der Waals surface area contributed by atoms with Crippen molar-refractivity contribution in [2.45, 2.75) is 40.2 Å². The summed E-state index contributed by atoms with van der Waals surface area (Å²) < 4.78 is 3.43. The predicted octanol–water partition coefficient (Wildman–Crippen LogP) is 1.83. The number of hydrogen-bond donors (Lipinski definition) is 1. The van der Waals surface area contributed by atoms with E-state index < -0.39 is 0 Å². The number of aryl methyl sites for hydroxylation is 2. The summed E-state index contributed by atoms with van der Waals surface area (Å²) in [7, 11) is 0. The maximum Gasteiger partial charge on any atom is 0.276 e. The number of nitrogens with zero attached hydrogens (tertiary/aromatic N) is 3. The summed E-state index contributed by atoms with van der Waals surface area (Å²) in [5.74, 6) is 0.685. The van der Waals surface area contributed by atoms with Crippen molar-refractivity contribution in [1.29, 1.82) is 0 Å².